The van der Waals surface area contributed by atoms with Crippen LogP contribution in [-0.4, -0.2) is 17.2 Å². The zero-order valence-corrected chi connectivity index (χ0v) is 19.6. The Balaban J connectivity index is 1.87. The lowest BCUT2D eigenvalue weighted by Gasteiger charge is -2.48. The summed E-state index contributed by atoms with van der Waals surface area (Å²) in [7, 11) is 0. The van der Waals surface area contributed by atoms with Crippen molar-refractivity contribution in [2.45, 2.75) is 29.7 Å². The maximum atomic E-state index is 14.4. The van der Waals surface area contributed by atoms with Gasteiger partial charge in [0.05, 0.1) is 6.04 Å². The molecule has 0 bridgehead atoms. The van der Waals surface area contributed by atoms with Gasteiger partial charge in [-0.15, -0.1) is 11.6 Å². The minimum Gasteiger partial charge on any atom is -0.347 e. The van der Waals surface area contributed by atoms with E-state index >= 15 is 0 Å². The second kappa shape index (κ2) is 8.01. The smallest absolute Gasteiger partial charge is 0.239 e. The van der Waals surface area contributed by atoms with Crippen LogP contribution in [0.2, 0.25) is 10.0 Å². The van der Waals surface area contributed by atoms with Gasteiger partial charge >= 0.3 is 0 Å². The van der Waals surface area contributed by atoms with E-state index < -0.39 is 34.5 Å². The van der Waals surface area contributed by atoms with Crippen LogP contribution in [0.5, 0.6) is 0 Å². The molecule has 0 saturated carbocycles. The van der Waals surface area contributed by atoms with Crippen LogP contribution < -0.4 is 10.6 Å². The van der Waals surface area contributed by atoms with E-state index in [1.54, 1.807) is 48.5 Å². The number of hydrogen-bond acceptors (Lipinski definition) is 2. The number of halogens is 4. The molecule has 2 aliphatic heterocycles. The molecule has 0 unspecified atom stereocenters. The molecule has 3 aromatic rings. The summed E-state index contributed by atoms with van der Waals surface area (Å²) in [6.07, 6.45) is 0. The van der Waals surface area contributed by atoms with Gasteiger partial charge in [-0.05, 0) is 65.6 Å². The van der Waals surface area contributed by atoms with Gasteiger partial charge in [-0.3, -0.25) is 9.59 Å². The average molecular weight is 504 g/mol. The zero-order chi connectivity index (χ0) is 23.5. The third-order valence-electron chi connectivity index (χ3n) is 6.59. The molecule has 4 nitrogen and oxygen atoms in total. The van der Waals surface area contributed by atoms with Crippen LogP contribution in [0.4, 0.5) is 10.1 Å². The van der Waals surface area contributed by atoms with E-state index in [0.29, 0.717) is 32.4 Å². The van der Waals surface area contributed by atoms with Crippen LogP contribution in [0.15, 0.2) is 60.7 Å². The molecule has 5 rings (SSSR count). The van der Waals surface area contributed by atoms with Crippen molar-refractivity contribution in [2.75, 3.05) is 5.32 Å². The Labute approximate surface area is 205 Å². The molecule has 2 amide bonds. The first-order valence-corrected chi connectivity index (χ1v) is 11.5. The summed E-state index contributed by atoms with van der Waals surface area (Å²) in [4.78, 5) is 27.1. The number of carbonyl (C=O) groups excluding carboxylic acids is 2. The van der Waals surface area contributed by atoms with Crippen molar-refractivity contribution >= 4 is 52.3 Å². The Hall–Kier alpha value is -2.60. The van der Waals surface area contributed by atoms with Gasteiger partial charge in [-0.2, -0.15) is 0 Å². The zero-order valence-electron chi connectivity index (χ0n) is 17.3. The lowest BCUT2D eigenvalue weighted by atomic mass is 9.59. The molecular formula is C25H18Cl3FN2O2. The van der Waals surface area contributed by atoms with Crippen molar-refractivity contribution in [1.82, 2.24) is 5.32 Å². The monoisotopic (exact) mass is 502 g/mol. The number of amides is 2. The Kier molecular flexibility index (Phi) is 5.39. The highest BCUT2D eigenvalue weighted by atomic mass is 35.5. The van der Waals surface area contributed by atoms with Gasteiger partial charge < -0.3 is 10.6 Å². The number of anilines is 1. The summed E-state index contributed by atoms with van der Waals surface area (Å²) in [6, 6.07) is 15.5. The normalized spacial score (nSPS) is 26.2. The maximum Gasteiger partial charge on any atom is 0.239 e. The first kappa shape index (κ1) is 22.2. The number of hydrogen-bond donors (Lipinski definition) is 2. The van der Waals surface area contributed by atoms with Crippen molar-refractivity contribution in [1.29, 1.82) is 0 Å². The van der Waals surface area contributed by atoms with Gasteiger partial charge in [0.2, 0.25) is 11.8 Å². The summed E-state index contributed by atoms with van der Waals surface area (Å²) in [5.74, 6) is -2.07. The number of rotatable bonds is 2. The van der Waals surface area contributed by atoms with Crippen LogP contribution in [0.1, 0.15) is 34.2 Å². The molecule has 8 heteroatoms. The molecule has 2 aliphatic rings. The van der Waals surface area contributed by atoms with E-state index in [1.165, 1.54) is 12.1 Å². The van der Waals surface area contributed by atoms with E-state index in [1.807, 2.05) is 6.92 Å². The molecule has 1 spiro atoms. The Morgan fingerprint density at radius 3 is 2.48 bits per heavy atom. The summed E-state index contributed by atoms with van der Waals surface area (Å²) in [6.45, 7) is 1.81. The molecule has 1 saturated heterocycles. The van der Waals surface area contributed by atoms with Crippen LogP contribution in [-0.2, 0) is 15.0 Å². The first-order chi connectivity index (χ1) is 15.7. The average Bonchev–Trinajstić information content (AvgIpc) is 3.04. The number of piperidine rings is 1. The Morgan fingerprint density at radius 2 is 1.73 bits per heavy atom. The lowest BCUT2D eigenvalue weighted by Crippen LogP contribution is -2.61. The number of aryl methyl sites for hydroxylation is 1. The number of fused-ring (bicyclic) bond motifs is 2. The lowest BCUT2D eigenvalue weighted by molar-refractivity contribution is -0.131. The molecule has 4 atom stereocenters. The van der Waals surface area contributed by atoms with Crippen LogP contribution in [0.25, 0.3) is 0 Å². The molecule has 168 valence electrons. The van der Waals surface area contributed by atoms with Crippen LogP contribution in [0.3, 0.4) is 0 Å². The number of benzene rings is 3. The van der Waals surface area contributed by atoms with E-state index in [0.717, 1.165) is 5.56 Å². The van der Waals surface area contributed by atoms with Crippen molar-refractivity contribution in [2.24, 2.45) is 0 Å². The SMILES string of the molecule is Cc1ccc(F)cc1[C@H]1NC(=O)[C@@H](Cl)[C@@H](c2cccc(Cl)c2)[C@]12C(=O)Nc1cc(Cl)ccc12. The van der Waals surface area contributed by atoms with E-state index in [9.17, 15) is 14.0 Å². The fraction of sp³-hybridized carbons (Fsp3) is 0.200. The molecule has 1 fully saturated rings. The standard InChI is InChI=1S/C25H18Cl3FN2O2/c1-12-5-7-16(29)11-17(12)22-25(18-8-6-15(27)10-19(18)30-24(25)33)20(21(28)23(32)31-22)13-3-2-4-14(26)9-13/h2-11,20-22H,1H3,(H,30,33)(H,31,32)/t20-,21+,22-,25+/m1/s1. The Morgan fingerprint density at radius 1 is 0.970 bits per heavy atom. The highest BCUT2D eigenvalue weighted by Gasteiger charge is 2.64. The third-order valence-corrected chi connectivity index (χ3v) is 7.51. The predicted octanol–water partition coefficient (Wildman–Crippen LogP) is 5.89. The van der Waals surface area contributed by atoms with Crippen LogP contribution in [0, 0.1) is 12.7 Å². The van der Waals surface area contributed by atoms with E-state index in [2.05, 4.69) is 10.6 Å². The predicted molar refractivity (Wildman–Crippen MR) is 128 cm³/mol. The fourth-order valence-corrected chi connectivity index (χ4v) is 5.98. The van der Waals surface area contributed by atoms with Gasteiger partial charge in [0.15, 0.2) is 0 Å². The van der Waals surface area contributed by atoms with Crippen molar-refractivity contribution in [3.05, 3.63) is 98.8 Å². The number of nitrogens with one attached hydrogen (secondary N) is 2. The quantitative estimate of drug-likeness (QED) is 0.428. The Bertz CT molecular complexity index is 1310. The van der Waals surface area contributed by atoms with E-state index in [4.69, 9.17) is 34.8 Å². The van der Waals surface area contributed by atoms with Gasteiger partial charge in [-0.1, -0.05) is 47.5 Å². The molecule has 0 aromatic heterocycles. The molecule has 2 N–H and O–H groups in total. The summed E-state index contributed by atoms with van der Waals surface area (Å²) in [5.41, 5.74) is 1.64. The fourth-order valence-electron chi connectivity index (χ4n) is 5.20. The van der Waals surface area contributed by atoms with Crippen LogP contribution >= 0.6 is 34.8 Å². The molecule has 0 aliphatic carbocycles. The largest absolute Gasteiger partial charge is 0.347 e. The minimum atomic E-state index is -1.37. The number of carbonyl (C=O) groups is 2. The number of alkyl halides is 1. The van der Waals surface area contributed by atoms with Gasteiger partial charge in [-0.25, -0.2) is 4.39 Å². The molecule has 2 heterocycles. The molecule has 0 radical (unpaired) electrons. The van der Waals surface area contributed by atoms with Crippen molar-refractivity contribution < 1.29 is 14.0 Å². The second-order valence-corrected chi connectivity index (χ2v) is 9.73. The highest BCUT2D eigenvalue weighted by Crippen LogP contribution is 2.58. The topological polar surface area (TPSA) is 58.2 Å². The third kappa shape index (κ3) is 3.33. The van der Waals surface area contributed by atoms with E-state index in [-0.39, 0.29) is 5.91 Å². The summed E-state index contributed by atoms with van der Waals surface area (Å²) in [5, 5.41) is 5.66. The molecule has 3 aromatic carbocycles. The second-order valence-electron chi connectivity index (χ2n) is 8.39. The first-order valence-electron chi connectivity index (χ1n) is 10.3. The summed E-state index contributed by atoms with van der Waals surface area (Å²) >= 11 is 19.2. The van der Waals surface area contributed by atoms with Crippen molar-refractivity contribution in [3.63, 3.8) is 0 Å². The van der Waals surface area contributed by atoms with Crippen molar-refractivity contribution in [3.8, 4) is 0 Å². The summed E-state index contributed by atoms with van der Waals surface area (Å²) < 4.78 is 14.4. The maximum absolute atomic E-state index is 14.4. The van der Waals surface area contributed by atoms with Gasteiger partial charge in [0.1, 0.15) is 16.6 Å². The molecular weight excluding hydrogens is 486 g/mol. The highest BCUT2D eigenvalue weighted by molar-refractivity contribution is 6.33. The molecule has 33 heavy (non-hydrogen) atoms. The van der Waals surface area contributed by atoms with Gasteiger partial charge in [0.25, 0.3) is 0 Å². The minimum absolute atomic E-state index is 0.357. The van der Waals surface area contributed by atoms with Gasteiger partial charge in [0, 0.05) is 21.7 Å².